The third-order valence-corrected chi connectivity index (χ3v) is 23.8. The zero-order chi connectivity index (χ0) is 71.4. The molecule has 4 saturated heterocycles. The zero-order valence-corrected chi connectivity index (χ0v) is 59.2. The number of nitrogens with two attached hydrogens (primary N) is 3. The molecule has 10 aliphatic rings. The Bertz CT molecular complexity index is 3710. The highest BCUT2D eigenvalue weighted by Gasteiger charge is 2.62. The second-order valence-electron chi connectivity index (χ2n) is 31.3. The summed E-state index contributed by atoms with van der Waals surface area (Å²) in [7, 11) is 6.66. The number of hydrogen-bond donors (Lipinski definition) is 3. The number of anilines is 3. The van der Waals surface area contributed by atoms with Crippen LogP contribution in [-0.2, 0) is 0 Å². The average molecular weight is 1420 g/mol. The number of likely N-dealkylation sites (N-methyl/N-ethyl adjacent to an activating group) is 3. The first-order chi connectivity index (χ1) is 48.0. The molecular weight excluding hydrogens is 1320 g/mol. The van der Waals surface area contributed by atoms with Gasteiger partial charge < -0.3 is 46.1 Å². The molecule has 0 amide bonds. The van der Waals surface area contributed by atoms with E-state index in [1.54, 1.807) is 6.20 Å². The molecule has 0 radical (unpaired) electrons. The van der Waals surface area contributed by atoms with Crippen molar-refractivity contribution < 1.29 is 49.3 Å². The van der Waals surface area contributed by atoms with Gasteiger partial charge in [0.1, 0.15) is 0 Å². The maximum absolute atomic E-state index is 12.8. The molecule has 10 heterocycles. The van der Waals surface area contributed by atoms with E-state index in [1.807, 2.05) is 21.5 Å². The van der Waals surface area contributed by atoms with E-state index in [2.05, 4.69) is 132 Å². The summed E-state index contributed by atoms with van der Waals surface area (Å²) in [5, 5.41) is 14.3. The number of hydrogen-bond acceptors (Lipinski definition) is 18. The largest absolute Gasteiger partial charge is 0.573 e. The lowest BCUT2D eigenvalue weighted by molar-refractivity contribution is -0.275. The standard InChI is InChI=1S/2C24H33F3N6O.C24H32F2N6O/c2*1-14(2)33-20(12-19(30-33)15-9-21(23(28)29-13-15)34-24(25,26)27)22-17-10-16(11-18(17)22)32-6-4-5-31(3)7-8-32;1-12(2)32-20(8-19(29-32)13-4-21(33-24(25)26)23(27)28-9-13)22-17-6-14(7-18(17)22)31-11-15-5-16(31)10-30(15)3/h2*9,12-14,16-18,22H,4-8,10-11H2,1-3H3,(H2,28,29);4,8-9,12,14-18,22,24H,5-7,10-11H2,1-3H3,(H2,27,28)/t2*16?,17-,18+,22?;14?,15-,16-,17-,18+,22?/m..0/s1. The Hall–Kier alpha value is -6.92. The molecule has 6 saturated carbocycles. The molecule has 6 aliphatic carbocycles. The van der Waals surface area contributed by atoms with E-state index in [1.165, 1.54) is 145 Å². The van der Waals surface area contributed by atoms with E-state index >= 15 is 0 Å². The van der Waals surface area contributed by atoms with Gasteiger partial charge in [-0.15, -0.1) is 26.3 Å². The number of aromatic nitrogens is 9. The number of piperazine rings is 1. The molecule has 6 aromatic rings. The number of nitrogen functional groups attached to an aromatic ring is 3. The summed E-state index contributed by atoms with van der Waals surface area (Å²) in [6.45, 7) is 21.3. The SMILES string of the molecule is CC(C)n1nc(-c2cnc(N)c(OC(F)(F)F)c2)cc1C1[C@H]2CC(N3CCCN(C)CC3)C[C@@H]12.CC(C)n1nc(-c2cnc(N)c(OC(F)(F)F)c2)cc1C1[C@H]2CC(N3CCCN(C)CC3)C[C@@H]12.CC(C)n1nc(-c2cnc(N)c(OC(F)F)c2)cc1C1[C@H]2CC(N3C[C@@H]4C[C@H]3CN4C)C[C@@H]12. The maximum atomic E-state index is 12.8. The number of nitrogens with zero attached hydrogens (tertiary/aromatic N) is 15. The number of halogens is 8. The van der Waals surface area contributed by atoms with Gasteiger partial charge in [-0.25, -0.2) is 15.0 Å². The smallest absolute Gasteiger partial charge is 0.431 e. The summed E-state index contributed by atoms with van der Waals surface area (Å²) in [6.07, 6.45) is 6.01. The van der Waals surface area contributed by atoms with Crippen LogP contribution in [0.4, 0.5) is 52.6 Å². The van der Waals surface area contributed by atoms with Crippen molar-refractivity contribution in [3.63, 3.8) is 0 Å². The molecule has 2 bridgehead atoms. The molecule has 21 nitrogen and oxygen atoms in total. The summed E-state index contributed by atoms with van der Waals surface area (Å²) < 4.78 is 121. The van der Waals surface area contributed by atoms with Gasteiger partial charge in [0.05, 0.1) is 17.1 Å². The molecule has 4 aliphatic heterocycles. The van der Waals surface area contributed by atoms with Crippen molar-refractivity contribution in [3.05, 3.63) is 72.1 Å². The monoisotopic (exact) mass is 1410 g/mol. The summed E-state index contributed by atoms with van der Waals surface area (Å²) in [6, 6.07) is 14.3. The highest BCUT2D eigenvalue weighted by Crippen LogP contribution is 2.67. The van der Waals surface area contributed by atoms with E-state index in [9.17, 15) is 35.1 Å². The highest BCUT2D eigenvalue weighted by molar-refractivity contribution is 5.67. The summed E-state index contributed by atoms with van der Waals surface area (Å²) in [5.74, 6) is 3.75. The van der Waals surface area contributed by atoms with E-state index in [4.69, 9.17) is 32.5 Å². The predicted molar refractivity (Wildman–Crippen MR) is 368 cm³/mol. The minimum absolute atomic E-state index is 0.0489. The number of alkyl halides is 8. The van der Waals surface area contributed by atoms with Crippen LogP contribution in [0.3, 0.4) is 0 Å². The van der Waals surface area contributed by atoms with Gasteiger partial charge in [-0.05, 0) is 219 Å². The molecule has 6 N–H and O–H groups in total. The Labute approximate surface area is 585 Å². The Morgan fingerprint density at radius 2 is 0.782 bits per heavy atom. The van der Waals surface area contributed by atoms with Crippen molar-refractivity contribution in [2.24, 2.45) is 35.5 Å². The van der Waals surface area contributed by atoms with Gasteiger partial charge in [0.2, 0.25) is 0 Å². The Balaban J connectivity index is 0.000000129. The van der Waals surface area contributed by atoms with Crippen molar-refractivity contribution in [3.8, 4) is 51.0 Å². The fourth-order valence-corrected chi connectivity index (χ4v) is 18.9. The first-order valence-electron chi connectivity index (χ1n) is 36.3. The third kappa shape index (κ3) is 15.1. The Morgan fingerprint density at radius 3 is 1.11 bits per heavy atom. The maximum Gasteiger partial charge on any atom is 0.573 e. The van der Waals surface area contributed by atoms with E-state index < -0.39 is 30.8 Å². The Morgan fingerprint density at radius 1 is 0.426 bits per heavy atom. The average Bonchev–Trinajstić information content (AvgIpc) is 1.57. The van der Waals surface area contributed by atoms with Gasteiger partial charge in [0.25, 0.3) is 0 Å². The molecule has 10 fully saturated rings. The second kappa shape index (κ2) is 27.9. The van der Waals surface area contributed by atoms with Gasteiger partial charge in [0, 0.05) is 158 Å². The van der Waals surface area contributed by atoms with Crippen molar-refractivity contribution >= 4 is 17.5 Å². The van der Waals surface area contributed by atoms with E-state index in [0.717, 1.165) is 61.8 Å². The quantitative estimate of drug-likeness (QED) is 0.0768. The summed E-state index contributed by atoms with van der Waals surface area (Å²) in [5.41, 5.74) is 24.0. The van der Waals surface area contributed by atoms with Gasteiger partial charge in [-0.1, -0.05) is 0 Å². The first-order valence-corrected chi connectivity index (χ1v) is 36.3. The van der Waals surface area contributed by atoms with Crippen LogP contribution in [0, 0.1) is 35.5 Å². The lowest BCUT2D eigenvalue weighted by Gasteiger charge is -2.37. The predicted octanol–water partition coefficient (Wildman–Crippen LogP) is 11.9. The summed E-state index contributed by atoms with van der Waals surface area (Å²) in [4.78, 5) is 27.4. The lowest BCUT2D eigenvalue weighted by atomic mass is 10.0. The van der Waals surface area contributed by atoms with Crippen LogP contribution in [0.1, 0.15) is 152 Å². The van der Waals surface area contributed by atoms with Crippen molar-refractivity contribution in [1.29, 1.82) is 0 Å². The first kappa shape index (κ1) is 71.1. The van der Waals surface area contributed by atoms with Crippen LogP contribution in [0.15, 0.2) is 55.0 Å². The normalized spacial score (nSPS) is 29.9. The topological polar surface area (TPSA) is 217 Å². The van der Waals surface area contributed by atoms with Crippen molar-refractivity contribution in [1.82, 2.24) is 73.7 Å². The third-order valence-electron chi connectivity index (χ3n) is 23.8. The lowest BCUT2D eigenvalue weighted by Crippen LogP contribution is -2.48. The number of rotatable bonds is 16. The molecular formula is C72H98F8N18O3. The summed E-state index contributed by atoms with van der Waals surface area (Å²) >= 11 is 0. The van der Waals surface area contributed by atoms with Crippen LogP contribution in [0.2, 0.25) is 0 Å². The molecule has 550 valence electrons. The molecule has 16 rings (SSSR count). The van der Waals surface area contributed by atoms with Gasteiger partial charge in [0.15, 0.2) is 34.7 Å². The van der Waals surface area contributed by atoms with Crippen LogP contribution < -0.4 is 31.4 Å². The fourth-order valence-electron chi connectivity index (χ4n) is 18.9. The van der Waals surface area contributed by atoms with Crippen LogP contribution in [0.5, 0.6) is 17.2 Å². The number of fused-ring (bicyclic) bond motifs is 5. The molecule has 14 atom stereocenters. The van der Waals surface area contributed by atoms with Crippen LogP contribution >= 0.6 is 0 Å². The second-order valence-corrected chi connectivity index (χ2v) is 31.3. The molecule has 6 unspecified atom stereocenters. The van der Waals surface area contributed by atoms with Crippen LogP contribution in [0.25, 0.3) is 33.8 Å². The molecule has 6 aromatic heterocycles. The van der Waals surface area contributed by atoms with Crippen molar-refractivity contribution in [2.45, 2.75) is 185 Å². The Kier molecular flexibility index (Phi) is 19.7. The van der Waals surface area contributed by atoms with E-state index in [-0.39, 0.29) is 41.3 Å². The minimum atomic E-state index is -4.83. The molecule has 0 aromatic carbocycles. The van der Waals surface area contributed by atoms with Gasteiger partial charge >= 0.3 is 19.3 Å². The number of pyridine rings is 3. The fraction of sp³-hybridized carbons (Fsp3) is 0.667. The van der Waals surface area contributed by atoms with E-state index in [0.29, 0.717) is 81.6 Å². The zero-order valence-electron chi connectivity index (χ0n) is 59.2. The van der Waals surface area contributed by atoms with Crippen LogP contribution in [-0.4, -0.2) is 210 Å². The van der Waals surface area contributed by atoms with Gasteiger partial charge in [-0.2, -0.15) is 24.1 Å². The minimum Gasteiger partial charge on any atom is -0.431 e. The number of likely N-dealkylation sites (tertiary alicyclic amines) is 2. The highest BCUT2D eigenvalue weighted by atomic mass is 19.4. The molecule has 101 heavy (non-hydrogen) atoms. The number of ether oxygens (including phenoxy) is 3. The molecule has 29 heteroatoms. The van der Waals surface area contributed by atoms with Gasteiger partial charge in [-0.3, -0.25) is 28.7 Å². The van der Waals surface area contributed by atoms with Crippen molar-refractivity contribution in [2.75, 3.05) is 104 Å². The molecule has 0 spiro atoms.